The van der Waals surface area contributed by atoms with E-state index in [2.05, 4.69) is 16.0 Å². The Balaban J connectivity index is 1.76. The molecule has 42 heavy (non-hydrogen) atoms. The average Bonchev–Trinajstić information content (AvgIpc) is 3.19. The van der Waals surface area contributed by atoms with Crippen LogP contribution < -0.4 is 16.0 Å². The summed E-state index contributed by atoms with van der Waals surface area (Å²) >= 11 is 0. The molecule has 3 atom stereocenters. The number of rotatable bonds is 14. The molecule has 1 saturated heterocycles. The third-order valence-corrected chi connectivity index (χ3v) is 7.26. The monoisotopic (exact) mass is 584 g/mol. The summed E-state index contributed by atoms with van der Waals surface area (Å²) in [5.41, 5.74) is 1.03. The number of likely N-dealkylation sites (tertiary alicyclic amines) is 1. The zero-order valence-corrected chi connectivity index (χ0v) is 25.9. The highest BCUT2D eigenvalue weighted by molar-refractivity contribution is 6.55. The van der Waals surface area contributed by atoms with Crippen molar-refractivity contribution in [3.8, 4) is 0 Å². The van der Waals surface area contributed by atoms with Crippen LogP contribution in [0.2, 0.25) is 0 Å². The standard InChI is InChI=1S/C30H45BN4O7/c1-18(2)25(27(39)32-19(3)26(38)33-21-13-11-20(12-14-21)17-42-29(31)41)34-23(36)10-8-7-9-15-35-24(37)16-22(28(35)40)30(4,5)6/h11-14,18-19,22,25H,7-10,15-17,31H2,1-6H3,(H,32,39)(H,33,38)(H,34,36)/t19-,22?,25?/m1/s1. The van der Waals surface area contributed by atoms with E-state index in [1.165, 1.54) is 12.7 Å². The van der Waals surface area contributed by atoms with Crippen molar-refractivity contribution < 1.29 is 33.5 Å². The molecule has 0 aromatic heterocycles. The number of imide groups is 1. The Kier molecular flexibility index (Phi) is 12.7. The van der Waals surface area contributed by atoms with Crippen LogP contribution in [0.15, 0.2) is 24.3 Å². The summed E-state index contributed by atoms with van der Waals surface area (Å²) in [5, 5.41) is 8.16. The van der Waals surface area contributed by atoms with Crippen molar-refractivity contribution in [2.75, 3.05) is 11.9 Å². The van der Waals surface area contributed by atoms with Gasteiger partial charge in [0.15, 0.2) is 0 Å². The quantitative estimate of drug-likeness (QED) is 0.173. The highest BCUT2D eigenvalue weighted by atomic mass is 16.5. The third-order valence-electron chi connectivity index (χ3n) is 7.26. The molecule has 0 radical (unpaired) electrons. The molecule has 1 aliphatic rings. The fourth-order valence-corrected chi connectivity index (χ4v) is 4.60. The van der Waals surface area contributed by atoms with E-state index in [-0.39, 0.29) is 60.3 Å². The van der Waals surface area contributed by atoms with E-state index in [9.17, 15) is 28.8 Å². The average molecular weight is 585 g/mol. The van der Waals surface area contributed by atoms with Gasteiger partial charge in [-0.3, -0.25) is 33.7 Å². The summed E-state index contributed by atoms with van der Waals surface area (Å²) in [7, 11) is 1.33. The number of nitrogens with one attached hydrogen (secondary N) is 3. The number of benzene rings is 1. The molecular weight excluding hydrogens is 539 g/mol. The van der Waals surface area contributed by atoms with Crippen LogP contribution in [-0.4, -0.2) is 66.8 Å². The molecule has 1 aliphatic heterocycles. The van der Waals surface area contributed by atoms with Gasteiger partial charge in [-0.2, -0.15) is 0 Å². The molecule has 2 unspecified atom stereocenters. The molecule has 1 aromatic rings. The Morgan fingerprint density at radius 1 is 0.976 bits per heavy atom. The zero-order chi connectivity index (χ0) is 31.6. The second kappa shape index (κ2) is 15.5. The van der Waals surface area contributed by atoms with Gasteiger partial charge in [-0.05, 0) is 48.8 Å². The number of ether oxygens (including phenoxy) is 1. The van der Waals surface area contributed by atoms with Gasteiger partial charge in [-0.15, -0.1) is 0 Å². The number of amides is 5. The summed E-state index contributed by atoms with van der Waals surface area (Å²) in [6, 6.07) is 5.12. The molecular formula is C30H45BN4O7. The van der Waals surface area contributed by atoms with Crippen LogP contribution >= 0.6 is 0 Å². The van der Waals surface area contributed by atoms with Crippen LogP contribution in [0.25, 0.3) is 0 Å². The molecule has 230 valence electrons. The fourth-order valence-electron chi connectivity index (χ4n) is 4.60. The molecule has 1 aromatic carbocycles. The summed E-state index contributed by atoms with van der Waals surface area (Å²) in [4.78, 5) is 75.3. The van der Waals surface area contributed by atoms with Gasteiger partial charge in [0.05, 0.1) is 5.92 Å². The summed E-state index contributed by atoms with van der Waals surface area (Å²) in [5.74, 6) is -2.31. The minimum atomic E-state index is -0.856. The Bertz CT molecular complexity index is 1150. The molecule has 11 nitrogen and oxygen atoms in total. The largest absolute Gasteiger partial charge is 0.469 e. The van der Waals surface area contributed by atoms with Crippen LogP contribution in [0.1, 0.15) is 79.2 Å². The number of unbranched alkanes of at least 4 members (excludes halogenated alkanes) is 2. The molecule has 0 aliphatic carbocycles. The van der Waals surface area contributed by atoms with Gasteiger partial charge in [0.2, 0.25) is 43.3 Å². The van der Waals surface area contributed by atoms with Crippen molar-refractivity contribution in [1.29, 1.82) is 0 Å². The maximum atomic E-state index is 12.9. The zero-order valence-electron chi connectivity index (χ0n) is 25.9. The summed E-state index contributed by atoms with van der Waals surface area (Å²) in [6.45, 7) is 11.5. The second-order valence-corrected chi connectivity index (χ2v) is 12.3. The lowest BCUT2D eigenvalue weighted by molar-refractivity contribution is -0.140. The van der Waals surface area contributed by atoms with Gasteiger partial charge >= 0.3 is 0 Å². The maximum Gasteiger partial charge on any atom is 0.246 e. The van der Waals surface area contributed by atoms with E-state index in [0.29, 0.717) is 31.5 Å². The smallest absolute Gasteiger partial charge is 0.246 e. The van der Waals surface area contributed by atoms with Gasteiger partial charge < -0.3 is 20.7 Å². The van der Waals surface area contributed by atoms with Crippen LogP contribution in [0.3, 0.4) is 0 Å². The third kappa shape index (κ3) is 10.6. The first-order chi connectivity index (χ1) is 19.6. The first-order valence-electron chi connectivity index (χ1n) is 14.6. The Morgan fingerprint density at radius 2 is 1.62 bits per heavy atom. The first-order valence-corrected chi connectivity index (χ1v) is 14.6. The minimum absolute atomic E-state index is 0.118. The number of carbonyl (C=O) groups is 6. The molecule has 1 fully saturated rings. The van der Waals surface area contributed by atoms with E-state index in [4.69, 9.17) is 4.74 Å². The van der Waals surface area contributed by atoms with E-state index >= 15 is 0 Å². The number of carbonyl (C=O) groups excluding carboxylic acids is 6. The number of nitrogens with zero attached hydrogens (tertiary/aromatic N) is 1. The van der Waals surface area contributed by atoms with Crippen molar-refractivity contribution in [1.82, 2.24) is 15.5 Å². The molecule has 3 N–H and O–H groups in total. The van der Waals surface area contributed by atoms with Crippen LogP contribution in [-0.2, 0) is 35.3 Å². The topological polar surface area (TPSA) is 151 Å². The number of hydrogen-bond donors (Lipinski definition) is 3. The van der Waals surface area contributed by atoms with Gasteiger partial charge in [0, 0.05) is 25.1 Å². The molecule has 2 rings (SSSR count). The maximum absolute atomic E-state index is 12.9. The molecule has 0 bridgehead atoms. The molecule has 1 heterocycles. The SMILES string of the molecule is BC(=O)OCc1ccc(NC(=O)[C@@H](C)NC(=O)C(NC(=O)CCCCCN2C(=O)CC(C(C)(C)C)C2=O)C(C)C)cc1. The molecule has 12 heteroatoms. The molecule has 0 saturated carbocycles. The van der Waals surface area contributed by atoms with Crippen LogP contribution in [0, 0.1) is 17.3 Å². The van der Waals surface area contributed by atoms with Gasteiger partial charge in [-0.1, -0.05) is 53.2 Å². The predicted octanol–water partition coefficient (Wildman–Crippen LogP) is 2.52. The lowest BCUT2D eigenvalue weighted by Gasteiger charge is -2.25. The lowest BCUT2D eigenvalue weighted by Crippen LogP contribution is -2.53. The van der Waals surface area contributed by atoms with E-state index in [0.717, 1.165) is 5.56 Å². The van der Waals surface area contributed by atoms with Crippen LogP contribution in [0.4, 0.5) is 10.5 Å². The summed E-state index contributed by atoms with van der Waals surface area (Å²) < 4.78 is 4.94. The lowest BCUT2D eigenvalue weighted by atomic mass is 9.80. The van der Waals surface area contributed by atoms with Gasteiger partial charge in [-0.25, -0.2) is 0 Å². The van der Waals surface area contributed by atoms with Crippen molar-refractivity contribution in [3.05, 3.63) is 29.8 Å². The van der Waals surface area contributed by atoms with Crippen molar-refractivity contribution in [2.45, 2.75) is 92.3 Å². The minimum Gasteiger partial charge on any atom is -0.469 e. The van der Waals surface area contributed by atoms with E-state index < -0.39 is 23.9 Å². The Labute approximate surface area is 249 Å². The normalized spacial score (nSPS) is 16.6. The van der Waals surface area contributed by atoms with Crippen molar-refractivity contribution >= 4 is 48.9 Å². The number of anilines is 1. The van der Waals surface area contributed by atoms with E-state index in [1.807, 2.05) is 34.6 Å². The molecule has 0 spiro atoms. The molecule has 5 amide bonds. The fraction of sp³-hybridized carbons (Fsp3) is 0.600. The number of hydrogen-bond acceptors (Lipinski definition) is 7. The van der Waals surface area contributed by atoms with Gasteiger partial charge in [0.1, 0.15) is 18.7 Å². The first kappa shape index (κ1) is 34.5. The highest BCUT2D eigenvalue weighted by Crippen LogP contribution is 2.35. The van der Waals surface area contributed by atoms with Crippen LogP contribution in [0.5, 0.6) is 0 Å². The Hall–Kier alpha value is -3.70. The Morgan fingerprint density at radius 3 is 2.17 bits per heavy atom. The highest BCUT2D eigenvalue weighted by Gasteiger charge is 2.44. The van der Waals surface area contributed by atoms with Crippen molar-refractivity contribution in [2.24, 2.45) is 17.3 Å². The van der Waals surface area contributed by atoms with Gasteiger partial charge in [0.25, 0.3) is 0 Å². The second-order valence-electron chi connectivity index (χ2n) is 12.3. The predicted molar refractivity (Wildman–Crippen MR) is 161 cm³/mol. The van der Waals surface area contributed by atoms with E-state index in [1.54, 1.807) is 31.2 Å². The van der Waals surface area contributed by atoms with Crippen molar-refractivity contribution in [3.63, 3.8) is 0 Å². The summed E-state index contributed by atoms with van der Waals surface area (Å²) in [6.07, 6.45) is 2.26.